The molecule has 1 aromatic carbocycles. The summed E-state index contributed by atoms with van der Waals surface area (Å²) in [6, 6.07) is 6.92. The Bertz CT molecular complexity index is 768. The second-order valence-electron chi connectivity index (χ2n) is 5.90. The van der Waals surface area contributed by atoms with Crippen LogP contribution in [-0.4, -0.2) is 15.6 Å². The summed E-state index contributed by atoms with van der Waals surface area (Å²) >= 11 is 0. The molecule has 0 radical (unpaired) electrons. The lowest BCUT2D eigenvalue weighted by molar-refractivity contribution is 0.628. The molecule has 0 spiro atoms. The number of nitrogens with zero attached hydrogens (tertiary/aromatic N) is 2. The van der Waals surface area contributed by atoms with Crippen molar-refractivity contribution in [3.63, 3.8) is 0 Å². The number of dihydropyridines is 1. The Hall–Kier alpha value is -2.36. The molecule has 1 unspecified atom stereocenters. The van der Waals surface area contributed by atoms with Gasteiger partial charge in [0.25, 0.3) is 0 Å². The first-order chi connectivity index (χ1) is 10.7. The minimum Gasteiger partial charge on any atom is -0.385 e. The third kappa shape index (κ3) is 2.15. The molecule has 1 N–H and O–H groups in total. The highest BCUT2D eigenvalue weighted by atomic mass is 19.1. The predicted molar refractivity (Wildman–Crippen MR) is 85.7 cm³/mol. The number of hydrogen-bond acceptors (Lipinski definition) is 2. The first-order valence-corrected chi connectivity index (χ1v) is 7.72. The van der Waals surface area contributed by atoms with Crippen LogP contribution in [0, 0.1) is 5.82 Å². The van der Waals surface area contributed by atoms with E-state index in [1.54, 1.807) is 0 Å². The van der Waals surface area contributed by atoms with Crippen LogP contribution in [0.3, 0.4) is 0 Å². The largest absolute Gasteiger partial charge is 0.385 e. The van der Waals surface area contributed by atoms with Crippen LogP contribution in [0.1, 0.15) is 24.9 Å². The summed E-state index contributed by atoms with van der Waals surface area (Å²) in [6.07, 6.45) is 8.46. The number of fused-ring (bicyclic) bond motifs is 1. The summed E-state index contributed by atoms with van der Waals surface area (Å²) in [4.78, 5) is 4.84. The lowest BCUT2D eigenvalue weighted by Gasteiger charge is -2.17. The smallest absolute Gasteiger partial charge is 0.123 e. The lowest BCUT2D eigenvalue weighted by Crippen LogP contribution is -2.21. The molecule has 1 aromatic heterocycles. The molecular weight excluding hydrogens is 277 g/mol. The molecule has 4 rings (SSSR count). The highest BCUT2D eigenvalue weighted by molar-refractivity contribution is 5.83. The van der Waals surface area contributed by atoms with E-state index in [0.29, 0.717) is 6.04 Å². The van der Waals surface area contributed by atoms with E-state index in [9.17, 15) is 4.39 Å². The van der Waals surface area contributed by atoms with Gasteiger partial charge in [0.15, 0.2) is 0 Å². The van der Waals surface area contributed by atoms with Crippen molar-refractivity contribution in [1.29, 1.82) is 0 Å². The SMILES string of the molecule is CC1C=C(c2c(-c3ccc(F)cc3)nc3n2CCC3)C=CN1. The minimum absolute atomic E-state index is 0.216. The Kier molecular flexibility index (Phi) is 3.10. The zero-order chi connectivity index (χ0) is 15.1. The molecule has 0 amide bonds. The number of allylic oxidation sites excluding steroid dienone is 2. The Morgan fingerprint density at radius 1 is 1.27 bits per heavy atom. The third-order valence-corrected chi connectivity index (χ3v) is 4.27. The van der Waals surface area contributed by atoms with Gasteiger partial charge in [-0.05, 0) is 55.5 Å². The fourth-order valence-corrected chi connectivity index (χ4v) is 3.25. The van der Waals surface area contributed by atoms with Crippen molar-refractivity contribution < 1.29 is 4.39 Å². The molecular formula is C18H18FN3. The van der Waals surface area contributed by atoms with Gasteiger partial charge in [0.2, 0.25) is 0 Å². The van der Waals surface area contributed by atoms with Gasteiger partial charge in [-0.3, -0.25) is 0 Å². The van der Waals surface area contributed by atoms with E-state index in [1.165, 1.54) is 17.7 Å². The van der Waals surface area contributed by atoms with Crippen molar-refractivity contribution in [1.82, 2.24) is 14.9 Å². The van der Waals surface area contributed by atoms with Crippen LogP contribution in [0.5, 0.6) is 0 Å². The first kappa shape index (κ1) is 13.3. The Morgan fingerprint density at radius 3 is 2.86 bits per heavy atom. The van der Waals surface area contributed by atoms with Gasteiger partial charge in [-0.2, -0.15) is 0 Å². The molecule has 0 bridgehead atoms. The molecule has 0 saturated carbocycles. The van der Waals surface area contributed by atoms with Crippen molar-refractivity contribution in [3.8, 4) is 11.3 Å². The monoisotopic (exact) mass is 295 g/mol. The van der Waals surface area contributed by atoms with Crippen molar-refractivity contribution >= 4 is 5.57 Å². The molecule has 2 aliphatic heterocycles. The Labute approximate surface area is 129 Å². The summed E-state index contributed by atoms with van der Waals surface area (Å²) in [5, 5.41) is 3.27. The summed E-state index contributed by atoms with van der Waals surface area (Å²) in [6.45, 7) is 3.13. The van der Waals surface area contributed by atoms with E-state index in [-0.39, 0.29) is 5.82 Å². The van der Waals surface area contributed by atoms with Gasteiger partial charge in [-0.1, -0.05) is 6.08 Å². The second-order valence-corrected chi connectivity index (χ2v) is 5.90. The van der Waals surface area contributed by atoms with Crippen molar-refractivity contribution in [3.05, 3.63) is 60.0 Å². The van der Waals surface area contributed by atoms with Gasteiger partial charge >= 0.3 is 0 Å². The number of benzene rings is 1. The van der Waals surface area contributed by atoms with Gasteiger partial charge < -0.3 is 9.88 Å². The van der Waals surface area contributed by atoms with E-state index in [0.717, 1.165) is 42.2 Å². The average molecular weight is 295 g/mol. The van der Waals surface area contributed by atoms with Crippen LogP contribution in [0.15, 0.2) is 42.6 Å². The fourth-order valence-electron chi connectivity index (χ4n) is 3.25. The fraction of sp³-hybridized carbons (Fsp3) is 0.278. The zero-order valence-electron chi connectivity index (χ0n) is 12.5. The summed E-state index contributed by atoms with van der Waals surface area (Å²) in [7, 11) is 0. The van der Waals surface area contributed by atoms with Crippen LogP contribution < -0.4 is 5.32 Å². The van der Waals surface area contributed by atoms with Gasteiger partial charge in [-0.15, -0.1) is 0 Å². The molecule has 2 aromatic rings. The van der Waals surface area contributed by atoms with E-state index in [2.05, 4.69) is 29.0 Å². The summed E-state index contributed by atoms with van der Waals surface area (Å²) in [5.41, 5.74) is 4.27. The quantitative estimate of drug-likeness (QED) is 0.918. The van der Waals surface area contributed by atoms with Gasteiger partial charge in [0, 0.05) is 24.6 Å². The molecule has 1 atom stereocenters. The van der Waals surface area contributed by atoms with Gasteiger partial charge in [0.05, 0.1) is 11.4 Å². The molecule has 3 nitrogen and oxygen atoms in total. The van der Waals surface area contributed by atoms with Crippen molar-refractivity contribution in [2.45, 2.75) is 32.4 Å². The molecule has 22 heavy (non-hydrogen) atoms. The van der Waals surface area contributed by atoms with Crippen LogP contribution in [-0.2, 0) is 13.0 Å². The topological polar surface area (TPSA) is 29.9 Å². The standard InChI is InChI=1S/C18H18FN3/c1-12-11-14(8-9-20-12)18-17(13-4-6-15(19)7-5-13)21-16-3-2-10-22(16)18/h4-9,11-12,20H,2-3,10H2,1H3. The first-order valence-electron chi connectivity index (χ1n) is 7.72. The van der Waals surface area contributed by atoms with Crippen molar-refractivity contribution in [2.75, 3.05) is 0 Å². The second kappa shape index (κ2) is 5.13. The van der Waals surface area contributed by atoms with Gasteiger partial charge in [-0.25, -0.2) is 9.37 Å². The average Bonchev–Trinajstić information content (AvgIpc) is 3.08. The van der Waals surface area contributed by atoms with Crippen LogP contribution in [0.4, 0.5) is 4.39 Å². The maximum absolute atomic E-state index is 13.2. The zero-order valence-corrected chi connectivity index (χ0v) is 12.5. The summed E-state index contributed by atoms with van der Waals surface area (Å²) < 4.78 is 15.5. The normalized spacial score (nSPS) is 19.7. The Balaban J connectivity index is 1.89. The number of hydrogen-bond donors (Lipinski definition) is 1. The maximum atomic E-state index is 13.2. The van der Waals surface area contributed by atoms with E-state index in [4.69, 9.17) is 4.98 Å². The number of imidazole rings is 1. The summed E-state index contributed by atoms with van der Waals surface area (Å²) in [5.74, 6) is 0.918. The number of aryl methyl sites for hydroxylation is 1. The van der Waals surface area contributed by atoms with Crippen molar-refractivity contribution in [2.24, 2.45) is 0 Å². The minimum atomic E-state index is -0.216. The van der Waals surface area contributed by atoms with E-state index < -0.39 is 0 Å². The molecule has 0 aliphatic carbocycles. The highest BCUT2D eigenvalue weighted by Crippen LogP contribution is 2.34. The molecule has 112 valence electrons. The molecule has 4 heteroatoms. The van der Waals surface area contributed by atoms with Gasteiger partial charge in [0.1, 0.15) is 11.6 Å². The molecule has 0 fully saturated rings. The molecule has 2 aliphatic rings. The van der Waals surface area contributed by atoms with Crippen LogP contribution >= 0.6 is 0 Å². The number of halogens is 1. The Morgan fingerprint density at radius 2 is 2.09 bits per heavy atom. The predicted octanol–water partition coefficient (Wildman–Crippen LogP) is 3.52. The maximum Gasteiger partial charge on any atom is 0.123 e. The molecule has 0 saturated heterocycles. The number of rotatable bonds is 2. The highest BCUT2D eigenvalue weighted by Gasteiger charge is 2.24. The molecule has 3 heterocycles. The third-order valence-electron chi connectivity index (χ3n) is 4.27. The number of aromatic nitrogens is 2. The lowest BCUT2D eigenvalue weighted by atomic mass is 10.0. The van der Waals surface area contributed by atoms with E-state index >= 15 is 0 Å². The van der Waals surface area contributed by atoms with E-state index in [1.807, 2.05) is 18.3 Å². The number of nitrogens with one attached hydrogen (secondary N) is 1. The van der Waals surface area contributed by atoms with Crippen LogP contribution in [0.25, 0.3) is 16.8 Å². The van der Waals surface area contributed by atoms with Crippen LogP contribution in [0.2, 0.25) is 0 Å².